The normalized spacial score (nSPS) is 32.5. The highest BCUT2D eigenvalue weighted by atomic mass is 16.5. The van der Waals surface area contributed by atoms with E-state index in [9.17, 15) is 0 Å². The highest BCUT2D eigenvalue weighted by molar-refractivity contribution is 5.15. The third-order valence-electron chi connectivity index (χ3n) is 16.7. The van der Waals surface area contributed by atoms with Gasteiger partial charge in [-0.15, -0.1) is 0 Å². The first-order valence-electron chi connectivity index (χ1n) is 26.0. The minimum absolute atomic E-state index is 0.178. The molecule has 4 aliphatic rings. The molecule has 0 amide bonds. The Morgan fingerprint density at radius 1 is 0.586 bits per heavy atom. The van der Waals surface area contributed by atoms with Gasteiger partial charge >= 0.3 is 0 Å². The average Bonchev–Trinajstić information content (AvgIpc) is 3.58. The molecule has 2 unspecified atom stereocenters. The predicted molar refractivity (Wildman–Crippen MR) is 247 cm³/mol. The number of unbranched alkanes of at least 4 members (excludes halogenated alkanes) is 15. The van der Waals surface area contributed by atoms with Crippen molar-refractivity contribution in [1.29, 1.82) is 0 Å². The van der Waals surface area contributed by atoms with Crippen LogP contribution in [0.4, 0.5) is 0 Å². The quantitative estimate of drug-likeness (QED) is 0.0478. The molecule has 0 aromatic carbocycles. The van der Waals surface area contributed by atoms with Crippen LogP contribution in [-0.4, -0.2) is 70.9 Å². The molecule has 4 fully saturated rings. The van der Waals surface area contributed by atoms with Crippen molar-refractivity contribution in [3.63, 3.8) is 0 Å². The largest absolute Gasteiger partial charge is 0.378 e. The SMILES string of the molecule is CCCCCCCCCCCCCCCCCCNCCC[C@@H](C)[C@H]1CC[C@H]2C3[C@H](OCCCN)CC4C[C@H](OCCCN)CC[C@]4(C)[C@H]3C[C@H](OCCCN)[C@]12C. The zero-order valence-electron chi connectivity index (χ0n) is 39.1. The van der Waals surface area contributed by atoms with E-state index in [1.807, 2.05) is 0 Å². The van der Waals surface area contributed by atoms with Gasteiger partial charge in [0.15, 0.2) is 0 Å². The van der Waals surface area contributed by atoms with Crippen LogP contribution in [-0.2, 0) is 14.2 Å². The first kappa shape index (κ1) is 50.4. The molecule has 0 aromatic rings. The molecule has 0 heterocycles. The van der Waals surface area contributed by atoms with E-state index in [-0.39, 0.29) is 5.41 Å². The van der Waals surface area contributed by atoms with Gasteiger partial charge in [-0.3, -0.25) is 0 Å². The Kier molecular flexibility index (Phi) is 24.7. The molecule has 58 heavy (non-hydrogen) atoms. The molecule has 0 spiro atoms. The van der Waals surface area contributed by atoms with E-state index in [0.29, 0.717) is 78.9 Å². The van der Waals surface area contributed by atoms with E-state index < -0.39 is 0 Å². The average molecular weight is 817 g/mol. The summed E-state index contributed by atoms with van der Waals surface area (Å²) in [7, 11) is 0. The second-order valence-corrected chi connectivity index (χ2v) is 20.6. The van der Waals surface area contributed by atoms with E-state index in [1.165, 1.54) is 161 Å². The molecule has 342 valence electrons. The number of rotatable bonds is 34. The summed E-state index contributed by atoms with van der Waals surface area (Å²) in [6.45, 7) is 17.0. The van der Waals surface area contributed by atoms with Gasteiger partial charge in [0.2, 0.25) is 0 Å². The van der Waals surface area contributed by atoms with Gasteiger partial charge in [0.25, 0.3) is 0 Å². The standard InChI is InChI=1S/C51H100N4O3/c1-5-6-7-8-9-10-11-12-13-14-15-16-17-18-19-20-33-55-34-21-25-41(2)44-26-27-45-49-46(40-48(51(44,45)4)58-37-24-32-54)50(3)29-28-43(56-35-22-30-52)38-42(50)39-47(49)57-36-23-31-53/h41-49,55H,5-40,52-54H2,1-4H3/t41-,42?,43-,44-,45+,46+,47-,48+,49?,50+,51-/m1/s1. The first-order valence-corrected chi connectivity index (χ1v) is 26.0. The van der Waals surface area contributed by atoms with Gasteiger partial charge in [-0.25, -0.2) is 0 Å². The lowest BCUT2D eigenvalue weighted by Crippen LogP contribution is -2.63. The molecular weight excluding hydrogens is 717 g/mol. The van der Waals surface area contributed by atoms with Crippen molar-refractivity contribution in [2.45, 2.75) is 226 Å². The number of nitrogens with two attached hydrogens (primary N) is 3. The Labute approximate surface area is 360 Å². The zero-order chi connectivity index (χ0) is 41.5. The molecule has 7 nitrogen and oxygen atoms in total. The highest BCUT2D eigenvalue weighted by Crippen LogP contribution is 2.69. The Morgan fingerprint density at radius 2 is 1.14 bits per heavy atom. The van der Waals surface area contributed by atoms with Gasteiger partial charge in [0.1, 0.15) is 0 Å². The molecule has 11 atom stereocenters. The number of ether oxygens (including phenoxy) is 3. The molecule has 0 aliphatic heterocycles. The van der Waals surface area contributed by atoms with Crippen LogP contribution >= 0.6 is 0 Å². The van der Waals surface area contributed by atoms with Crippen molar-refractivity contribution in [3.05, 3.63) is 0 Å². The van der Waals surface area contributed by atoms with Crippen molar-refractivity contribution in [2.24, 2.45) is 63.5 Å². The summed E-state index contributed by atoms with van der Waals surface area (Å²) in [5, 5.41) is 3.83. The summed E-state index contributed by atoms with van der Waals surface area (Å²) in [6, 6.07) is 0. The Balaban J connectivity index is 1.22. The molecular formula is C51H100N4O3. The van der Waals surface area contributed by atoms with Crippen molar-refractivity contribution in [1.82, 2.24) is 5.32 Å². The molecule has 0 aromatic heterocycles. The van der Waals surface area contributed by atoms with Crippen LogP contribution in [0.5, 0.6) is 0 Å². The van der Waals surface area contributed by atoms with E-state index >= 15 is 0 Å². The van der Waals surface area contributed by atoms with Crippen LogP contribution in [0.3, 0.4) is 0 Å². The van der Waals surface area contributed by atoms with Crippen LogP contribution in [0.2, 0.25) is 0 Å². The molecule has 4 rings (SSSR count). The third kappa shape index (κ3) is 14.9. The van der Waals surface area contributed by atoms with Crippen LogP contribution in [0, 0.1) is 46.3 Å². The van der Waals surface area contributed by atoms with E-state index in [2.05, 4.69) is 33.0 Å². The maximum absolute atomic E-state index is 7.08. The van der Waals surface area contributed by atoms with Crippen LogP contribution in [0.25, 0.3) is 0 Å². The maximum atomic E-state index is 7.08. The lowest BCUT2D eigenvalue weighted by atomic mass is 9.43. The summed E-state index contributed by atoms with van der Waals surface area (Å²) in [4.78, 5) is 0. The van der Waals surface area contributed by atoms with E-state index in [1.54, 1.807) is 0 Å². The first-order chi connectivity index (χ1) is 28.3. The summed E-state index contributed by atoms with van der Waals surface area (Å²) in [5.41, 5.74) is 18.4. The van der Waals surface area contributed by atoms with Crippen molar-refractivity contribution in [3.8, 4) is 0 Å². The summed E-state index contributed by atoms with van der Waals surface area (Å²) < 4.78 is 20.5. The highest BCUT2D eigenvalue weighted by Gasteiger charge is 2.66. The fourth-order valence-corrected chi connectivity index (χ4v) is 13.3. The van der Waals surface area contributed by atoms with Gasteiger partial charge in [0.05, 0.1) is 18.3 Å². The molecule has 4 aliphatic carbocycles. The van der Waals surface area contributed by atoms with E-state index in [4.69, 9.17) is 31.4 Å². The maximum Gasteiger partial charge on any atom is 0.0637 e. The summed E-state index contributed by atoms with van der Waals surface area (Å²) >= 11 is 0. The monoisotopic (exact) mass is 817 g/mol. The lowest BCUT2D eigenvalue weighted by molar-refractivity contribution is -0.227. The van der Waals surface area contributed by atoms with Crippen molar-refractivity contribution >= 4 is 0 Å². The second kappa shape index (κ2) is 28.4. The fraction of sp³-hybridized carbons (Fsp3) is 1.00. The summed E-state index contributed by atoms with van der Waals surface area (Å²) in [6.07, 6.45) is 37.9. The smallest absolute Gasteiger partial charge is 0.0637 e. The zero-order valence-corrected chi connectivity index (χ0v) is 39.1. The van der Waals surface area contributed by atoms with Crippen LogP contribution in [0.1, 0.15) is 207 Å². The van der Waals surface area contributed by atoms with Gasteiger partial charge in [-0.2, -0.15) is 0 Å². The van der Waals surface area contributed by atoms with Crippen molar-refractivity contribution < 1.29 is 14.2 Å². The molecule has 4 saturated carbocycles. The van der Waals surface area contributed by atoms with Gasteiger partial charge in [0, 0.05) is 25.2 Å². The molecule has 0 saturated heterocycles. The van der Waals surface area contributed by atoms with Crippen LogP contribution in [0.15, 0.2) is 0 Å². The molecule has 7 heteroatoms. The predicted octanol–water partition coefficient (Wildman–Crippen LogP) is 11.3. The third-order valence-corrected chi connectivity index (χ3v) is 16.7. The van der Waals surface area contributed by atoms with Gasteiger partial charge in [-0.1, -0.05) is 124 Å². The lowest BCUT2D eigenvalue weighted by Gasteiger charge is -2.65. The Morgan fingerprint density at radius 3 is 1.74 bits per heavy atom. The van der Waals surface area contributed by atoms with Crippen molar-refractivity contribution in [2.75, 3.05) is 52.5 Å². The number of hydrogen-bond donors (Lipinski definition) is 4. The van der Waals surface area contributed by atoms with E-state index in [0.717, 1.165) is 52.0 Å². The topological polar surface area (TPSA) is 118 Å². The van der Waals surface area contributed by atoms with Gasteiger partial charge < -0.3 is 36.7 Å². The Hall–Kier alpha value is -0.280. The van der Waals surface area contributed by atoms with Crippen LogP contribution < -0.4 is 22.5 Å². The number of fused-ring (bicyclic) bond motifs is 5. The van der Waals surface area contributed by atoms with Gasteiger partial charge in [-0.05, 0) is 157 Å². The second-order valence-electron chi connectivity index (χ2n) is 20.6. The Bertz CT molecular complexity index is 1030. The fourth-order valence-electron chi connectivity index (χ4n) is 13.3. The minimum atomic E-state index is 0.178. The molecule has 7 N–H and O–H groups in total. The molecule has 0 bridgehead atoms. The minimum Gasteiger partial charge on any atom is -0.378 e. The molecule has 0 radical (unpaired) electrons. The number of nitrogens with one attached hydrogen (secondary N) is 1. The number of hydrogen-bond acceptors (Lipinski definition) is 7. The summed E-state index contributed by atoms with van der Waals surface area (Å²) in [5.74, 6) is 3.91.